The molecule has 7 nitrogen and oxygen atoms in total. The van der Waals surface area contributed by atoms with Crippen molar-refractivity contribution in [1.29, 1.82) is 0 Å². The van der Waals surface area contributed by atoms with Crippen molar-refractivity contribution in [3.8, 4) is 5.75 Å². The van der Waals surface area contributed by atoms with Crippen LogP contribution in [0.3, 0.4) is 0 Å². The third kappa shape index (κ3) is 4.40. The number of carbonyl (C=O) groups is 1. The number of anilines is 1. The quantitative estimate of drug-likeness (QED) is 0.775. The van der Waals surface area contributed by atoms with Gasteiger partial charge < -0.3 is 19.1 Å². The largest absolute Gasteiger partial charge is 0.497 e. The topological polar surface area (TPSA) is 53.8 Å². The molecule has 0 atom stereocenters. The second kappa shape index (κ2) is 8.45. The lowest BCUT2D eigenvalue weighted by molar-refractivity contribution is 0.0741. The van der Waals surface area contributed by atoms with Crippen LogP contribution in [0.1, 0.15) is 30.2 Å². The van der Waals surface area contributed by atoms with E-state index < -0.39 is 0 Å². The lowest BCUT2D eigenvalue weighted by Crippen LogP contribution is -2.48. The maximum atomic E-state index is 13.0. The number of carbonyl (C=O) groups excluding carboxylic acids is 1. The van der Waals surface area contributed by atoms with Gasteiger partial charge in [0.25, 0.3) is 5.91 Å². The molecule has 29 heavy (non-hydrogen) atoms. The summed E-state index contributed by atoms with van der Waals surface area (Å²) in [6.45, 7) is 11.4. The Morgan fingerprint density at radius 3 is 2.45 bits per heavy atom. The van der Waals surface area contributed by atoms with E-state index in [2.05, 4.69) is 45.3 Å². The Kier molecular flexibility index (Phi) is 5.76. The van der Waals surface area contributed by atoms with Gasteiger partial charge in [-0.2, -0.15) is 0 Å². The smallest absolute Gasteiger partial charge is 0.274 e. The normalized spacial score (nSPS) is 17.5. The first-order chi connectivity index (χ1) is 14.0. The van der Waals surface area contributed by atoms with Crippen LogP contribution < -0.4 is 9.64 Å². The molecule has 2 aliphatic rings. The van der Waals surface area contributed by atoms with Crippen LogP contribution in [0.25, 0.3) is 0 Å². The third-order valence-electron chi connectivity index (χ3n) is 5.73. The lowest BCUT2D eigenvalue weighted by Gasteiger charge is -2.35. The molecule has 1 aromatic heterocycles. The predicted octanol–water partition coefficient (Wildman–Crippen LogP) is 2.33. The third-order valence-corrected chi connectivity index (χ3v) is 5.73. The molecule has 2 aromatic rings. The number of fused-ring (bicyclic) bond motifs is 1. The molecule has 1 saturated heterocycles. The summed E-state index contributed by atoms with van der Waals surface area (Å²) in [7, 11) is 1.68. The Labute approximate surface area is 172 Å². The second-order valence-corrected chi connectivity index (χ2v) is 8.34. The number of hydrogen-bond donors (Lipinski definition) is 0. The Bertz CT molecular complexity index is 837. The summed E-state index contributed by atoms with van der Waals surface area (Å²) in [6.07, 6.45) is 1.94. The van der Waals surface area contributed by atoms with E-state index in [1.165, 1.54) is 5.69 Å². The first kappa shape index (κ1) is 19.8. The van der Waals surface area contributed by atoms with E-state index >= 15 is 0 Å². The number of ether oxygens (including phenoxy) is 1. The molecule has 0 aliphatic carbocycles. The number of benzene rings is 1. The zero-order valence-electron chi connectivity index (χ0n) is 17.7. The fraction of sp³-hybridized carbons (Fsp3) is 0.545. The van der Waals surface area contributed by atoms with E-state index in [0.29, 0.717) is 24.7 Å². The number of aromatic nitrogens is 2. The van der Waals surface area contributed by atoms with E-state index in [1.54, 1.807) is 7.11 Å². The fourth-order valence-electron chi connectivity index (χ4n) is 4.20. The number of amides is 1. The maximum Gasteiger partial charge on any atom is 0.274 e. The van der Waals surface area contributed by atoms with Crippen LogP contribution in [0.4, 0.5) is 5.69 Å². The summed E-state index contributed by atoms with van der Waals surface area (Å²) in [5.41, 5.74) is 1.75. The first-order valence-corrected chi connectivity index (χ1v) is 10.5. The van der Waals surface area contributed by atoms with E-state index in [9.17, 15) is 4.79 Å². The molecule has 0 unspecified atom stereocenters. The number of methoxy groups -OCH3 is 1. The van der Waals surface area contributed by atoms with Gasteiger partial charge in [-0.15, -0.1) is 0 Å². The van der Waals surface area contributed by atoms with Crippen molar-refractivity contribution >= 4 is 11.6 Å². The van der Waals surface area contributed by atoms with Crippen molar-refractivity contribution in [1.82, 2.24) is 19.4 Å². The Morgan fingerprint density at radius 1 is 1.07 bits per heavy atom. The Morgan fingerprint density at radius 2 is 1.79 bits per heavy atom. The highest BCUT2D eigenvalue weighted by molar-refractivity contribution is 5.92. The van der Waals surface area contributed by atoms with Gasteiger partial charge in [-0.05, 0) is 30.2 Å². The second-order valence-electron chi connectivity index (χ2n) is 8.34. The van der Waals surface area contributed by atoms with Gasteiger partial charge in [0.15, 0.2) is 0 Å². The van der Waals surface area contributed by atoms with E-state index in [0.717, 1.165) is 50.8 Å². The fourth-order valence-corrected chi connectivity index (χ4v) is 4.20. The maximum absolute atomic E-state index is 13.0. The monoisotopic (exact) mass is 397 g/mol. The summed E-state index contributed by atoms with van der Waals surface area (Å²) in [5, 5.41) is 0. The molecule has 156 valence electrons. The number of piperazine rings is 1. The van der Waals surface area contributed by atoms with Crippen molar-refractivity contribution < 1.29 is 9.53 Å². The number of imidazole rings is 1. The zero-order valence-corrected chi connectivity index (χ0v) is 17.7. The van der Waals surface area contributed by atoms with Crippen LogP contribution in [-0.2, 0) is 13.1 Å². The van der Waals surface area contributed by atoms with Crippen molar-refractivity contribution in [2.45, 2.75) is 26.9 Å². The van der Waals surface area contributed by atoms with Crippen LogP contribution in [0, 0.1) is 5.92 Å². The SMILES string of the molecule is COc1ccc(N2CCN(C(=O)c3cn4c(n3)CN(CC(C)C)CC4)CC2)cc1. The van der Waals surface area contributed by atoms with Gasteiger partial charge in [0.1, 0.15) is 17.3 Å². The predicted molar refractivity (Wildman–Crippen MR) is 113 cm³/mol. The van der Waals surface area contributed by atoms with Crippen molar-refractivity contribution in [3.63, 3.8) is 0 Å². The van der Waals surface area contributed by atoms with Crippen LogP contribution in [0.5, 0.6) is 5.75 Å². The molecular weight excluding hydrogens is 366 g/mol. The molecule has 4 rings (SSSR count). The highest BCUT2D eigenvalue weighted by Crippen LogP contribution is 2.21. The molecule has 7 heteroatoms. The summed E-state index contributed by atoms with van der Waals surface area (Å²) in [4.78, 5) is 24.4. The van der Waals surface area contributed by atoms with Crippen molar-refractivity contribution in [2.24, 2.45) is 5.92 Å². The van der Waals surface area contributed by atoms with Gasteiger partial charge >= 0.3 is 0 Å². The zero-order chi connectivity index (χ0) is 20.4. The van der Waals surface area contributed by atoms with E-state index in [4.69, 9.17) is 4.74 Å². The minimum absolute atomic E-state index is 0.0525. The average Bonchev–Trinajstić information content (AvgIpc) is 3.16. The highest BCUT2D eigenvalue weighted by Gasteiger charge is 2.26. The lowest BCUT2D eigenvalue weighted by atomic mass is 10.2. The van der Waals surface area contributed by atoms with Crippen molar-refractivity contribution in [2.75, 3.05) is 51.3 Å². The minimum Gasteiger partial charge on any atom is -0.497 e. The van der Waals surface area contributed by atoms with Crippen LogP contribution in [0.2, 0.25) is 0 Å². The average molecular weight is 398 g/mol. The summed E-state index contributed by atoms with van der Waals surface area (Å²) in [6, 6.07) is 8.10. The van der Waals surface area contributed by atoms with E-state index in [-0.39, 0.29) is 5.91 Å². The number of nitrogens with zero attached hydrogens (tertiary/aromatic N) is 5. The Balaban J connectivity index is 1.36. The highest BCUT2D eigenvalue weighted by atomic mass is 16.5. The van der Waals surface area contributed by atoms with Gasteiger partial charge in [0.05, 0.1) is 13.7 Å². The molecule has 1 amide bonds. The number of rotatable bonds is 5. The van der Waals surface area contributed by atoms with Gasteiger partial charge in [-0.3, -0.25) is 9.69 Å². The molecule has 0 spiro atoms. The van der Waals surface area contributed by atoms with Crippen LogP contribution in [0.15, 0.2) is 30.5 Å². The summed E-state index contributed by atoms with van der Waals surface area (Å²) >= 11 is 0. The van der Waals surface area contributed by atoms with Crippen LogP contribution >= 0.6 is 0 Å². The van der Waals surface area contributed by atoms with Gasteiger partial charge in [-0.1, -0.05) is 13.8 Å². The first-order valence-electron chi connectivity index (χ1n) is 10.5. The van der Waals surface area contributed by atoms with Crippen molar-refractivity contribution in [3.05, 3.63) is 42.0 Å². The van der Waals surface area contributed by atoms with Gasteiger partial charge in [0.2, 0.25) is 0 Å². The minimum atomic E-state index is 0.0525. The molecule has 0 bridgehead atoms. The molecular formula is C22H31N5O2. The molecule has 0 radical (unpaired) electrons. The summed E-state index contributed by atoms with van der Waals surface area (Å²) in [5.74, 6) is 2.56. The van der Waals surface area contributed by atoms with Gasteiger partial charge in [0, 0.05) is 57.7 Å². The van der Waals surface area contributed by atoms with E-state index in [1.807, 2.05) is 23.2 Å². The van der Waals surface area contributed by atoms with Gasteiger partial charge in [-0.25, -0.2) is 4.98 Å². The Hall–Kier alpha value is -2.54. The molecule has 3 heterocycles. The van der Waals surface area contributed by atoms with Crippen LogP contribution in [-0.4, -0.2) is 71.6 Å². The molecule has 1 fully saturated rings. The molecule has 0 N–H and O–H groups in total. The molecule has 1 aromatic carbocycles. The molecule has 0 saturated carbocycles. The summed E-state index contributed by atoms with van der Waals surface area (Å²) < 4.78 is 7.38. The standard InChI is InChI=1S/C22H31N5O2/c1-17(2)14-24-8-9-27-15-20(23-21(27)16-24)22(28)26-12-10-25(11-13-26)18-4-6-19(29-3)7-5-18/h4-7,15,17H,8-14,16H2,1-3H3. The molecule has 2 aliphatic heterocycles. The number of hydrogen-bond acceptors (Lipinski definition) is 5.